The summed E-state index contributed by atoms with van der Waals surface area (Å²) in [5.41, 5.74) is 4.10. The van der Waals surface area contributed by atoms with Crippen LogP contribution in [0.1, 0.15) is 26.5 Å². The van der Waals surface area contributed by atoms with Crippen molar-refractivity contribution in [2.24, 2.45) is 0 Å². The molecule has 68 valence electrons. The van der Waals surface area contributed by atoms with Crippen LogP contribution in [-0.2, 0) is 5.41 Å². The third-order valence-electron chi connectivity index (χ3n) is 1.96. The van der Waals surface area contributed by atoms with Gasteiger partial charge < -0.3 is 0 Å². The molecule has 13 heavy (non-hydrogen) atoms. The van der Waals surface area contributed by atoms with E-state index in [4.69, 9.17) is 0 Å². The van der Waals surface area contributed by atoms with Crippen LogP contribution in [0.4, 0.5) is 0 Å². The first kappa shape index (κ1) is 8.63. The van der Waals surface area contributed by atoms with Crippen LogP contribution in [0.2, 0.25) is 0 Å². The number of rotatable bonds is 0. The lowest BCUT2D eigenvalue weighted by Crippen LogP contribution is -2.13. The van der Waals surface area contributed by atoms with E-state index in [0.29, 0.717) is 0 Å². The third kappa shape index (κ3) is 1.44. The van der Waals surface area contributed by atoms with Crippen LogP contribution in [-0.4, -0.2) is 9.97 Å². The zero-order chi connectivity index (χ0) is 9.47. The predicted molar refractivity (Wildman–Crippen MR) is 56.1 cm³/mol. The van der Waals surface area contributed by atoms with E-state index in [9.17, 15) is 0 Å². The molecule has 0 fully saturated rings. The monoisotopic (exact) mass is 192 g/mol. The van der Waals surface area contributed by atoms with Crippen molar-refractivity contribution in [3.8, 4) is 0 Å². The summed E-state index contributed by atoms with van der Waals surface area (Å²) in [4.78, 5) is 8.74. The molecule has 2 aromatic rings. The van der Waals surface area contributed by atoms with Crippen LogP contribution in [0.25, 0.3) is 10.2 Å². The molecule has 0 aliphatic carbocycles. The fourth-order valence-corrected chi connectivity index (χ4v) is 2.01. The highest BCUT2D eigenvalue weighted by Gasteiger charge is 2.19. The van der Waals surface area contributed by atoms with Gasteiger partial charge in [-0.05, 0) is 6.07 Å². The maximum atomic E-state index is 4.39. The van der Waals surface area contributed by atoms with Gasteiger partial charge in [0, 0.05) is 11.6 Å². The van der Waals surface area contributed by atoms with Crippen molar-refractivity contribution in [1.29, 1.82) is 0 Å². The Morgan fingerprint density at radius 3 is 2.69 bits per heavy atom. The average molecular weight is 192 g/mol. The lowest BCUT2D eigenvalue weighted by atomic mass is 9.91. The molecule has 0 bridgehead atoms. The Labute approximate surface area is 81.7 Å². The molecular formula is C10H12N2S. The van der Waals surface area contributed by atoms with Crippen LogP contribution in [0, 0.1) is 0 Å². The molecule has 2 rings (SSSR count). The number of hydrogen-bond acceptors (Lipinski definition) is 3. The normalized spacial score (nSPS) is 12.2. The van der Waals surface area contributed by atoms with Crippen molar-refractivity contribution >= 4 is 21.6 Å². The Balaban J connectivity index is 2.75. The van der Waals surface area contributed by atoms with E-state index in [1.807, 2.05) is 17.8 Å². The van der Waals surface area contributed by atoms with Crippen molar-refractivity contribution in [3.05, 3.63) is 23.5 Å². The molecule has 0 saturated carbocycles. The van der Waals surface area contributed by atoms with Gasteiger partial charge in [0.05, 0.1) is 15.9 Å². The first-order chi connectivity index (χ1) is 6.09. The SMILES string of the molecule is CC(C)(C)c1nccc2scnc12. The smallest absolute Gasteiger partial charge is 0.103 e. The number of thiazole rings is 1. The van der Waals surface area contributed by atoms with Crippen molar-refractivity contribution in [2.45, 2.75) is 26.2 Å². The molecule has 0 aliphatic heterocycles. The van der Waals surface area contributed by atoms with Crippen molar-refractivity contribution in [3.63, 3.8) is 0 Å². The number of nitrogens with zero attached hydrogens (tertiary/aromatic N) is 2. The van der Waals surface area contributed by atoms with E-state index in [0.717, 1.165) is 11.2 Å². The summed E-state index contributed by atoms with van der Waals surface area (Å²) in [6.45, 7) is 6.48. The fraction of sp³-hybridized carbons (Fsp3) is 0.400. The van der Waals surface area contributed by atoms with Crippen LogP contribution in [0.3, 0.4) is 0 Å². The third-order valence-corrected chi connectivity index (χ3v) is 2.75. The zero-order valence-corrected chi connectivity index (χ0v) is 8.85. The van der Waals surface area contributed by atoms with Crippen LogP contribution in [0.5, 0.6) is 0 Å². The van der Waals surface area contributed by atoms with E-state index in [2.05, 4.69) is 30.7 Å². The quantitative estimate of drug-likeness (QED) is 0.641. The molecule has 0 saturated heterocycles. The standard InChI is InChI=1S/C10H12N2S/c1-10(2,3)9-8-7(4-5-11-9)13-6-12-8/h4-6H,1-3H3. The van der Waals surface area contributed by atoms with Gasteiger partial charge in [-0.2, -0.15) is 0 Å². The first-order valence-corrected chi connectivity index (χ1v) is 5.16. The van der Waals surface area contributed by atoms with Gasteiger partial charge in [0.25, 0.3) is 0 Å². The number of pyridine rings is 1. The molecule has 2 heterocycles. The van der Waals surface area contributed by atoms with Gasteiger partial charge in [-0.25, -0.2) is 4.98 Å². The summed E-state index contributed by atoms with van der Waals surface area (Å²) >= 11 is 1.67. The van der Waals surface area contributed by atoms with Crippen LogP contribution in [0.15, 0.2) is 17.8 Å². The van der Waals surface area contributed by atoms with Gasteiger partial charge in [-0.3, -0.25) is 4.98 Å². The predicted octanol–water partition coefficient (Wildman–Crippen LogP) is 2.99. The Kier molecular flexibility index (Phi) is 1.84. The first-order valence-electron chi connectivity index (χ1n) is 4.28. The second-order valence-electron chi connectivity index (χ2n) is 4.11. The van der Waals surface area contributed by atoms with Crippen molar-refractivity contribution in [1.82, 2.24) is 9.97 Å². The molecule has 0 radical (unpaired) electrons. The molecule has 0 atom stereocenters. The summed E-state index contributed by atoms with van der Waals surface area (Å²) in [5, 5.41) is 0. The summed E-state index contributed by atoms with van der Waals surface area (Å²) < 4.78 is 1.22. The molecular weight excluding hydrogens is 180 g/mol. The maximum absolute atomic E-state index is 4.39. The van der Waals surface area contributed by atoms with Gasteiger partial charge in [0.1, 0.15) is 5.52 Å². The van der Waals surface area contributed by atoms with Gasteiger partial charge in [0.15, 0.2) is 0 Å². The molecule has 2 aromatic heterocycles. The lowest BCUT2D eigenvalue weighted by Gasteiger charge is -2.17. The zero-order valence-electron chi connectivity index (χ0n) is 8.03. The van der Waals surface area contributed by atoms with Crippen LogP contribution >= 0.6 is 11.3 Å². The van der Waals surface area contributed by atoms with E-state index in [1.54, 1.807) is 11.3 Å². The minimum Gasteiger partial charge on any atom is -0.258 e. The Morgan fingerprint density at radius 1 is 1.23 bits per heavy atom. The average Bonchev–Trinajstić information content (AvgIpc) is 2.48. The molecule has 0 aliphatic rings. The highest BCUT2D eigenvalue weighted by atomic mass is 32.1. The summed E-state index contributed by atoms with van der Waals surface area (Å²) in [7, 11) is 0. The molecule has 0 aromatic carbocycles. The van der Waals surface area contributed by atoms with E-state index in [-0.39, 0.29) is 5.41 Å². The van der Waals surface area contributed by atoms with Crippen LogP contribution < -0.4 is 0 Å². The minimum atomic E-state index is 0.0770. The van der Waals surface area contributed by atoms with Crippen molar-refractivity contribution < 1.29 is 0 Å². The van der Waals surface area contributed by atoms with Gasteiger partial charge in [-0.1, -0.05) is 20.8 Å². The van der Waals surface area contributed by atoms with Gasteiger partial charge >= 0.3 is 0 Å². The maximum Gasteiger partial charge on any atom is 0.103 e. The Morgan fingerprint density at radius 2 is 2.00 bits per heavy atom. The highest BCUT2D eigenvalue weighted by molar-refractivity contribution is 7.16. The molecule has 0 N–H and O–H groups in total. The summed E-state index contributed by atoms with van der Waals surface area (Å²) in [5.74, 6) is 0. The largest absolute Gasteiger partial charge is 0.258 e. The van der Waals surface area contributed by atoms with Crippen molar-refractivity contribution in [2.75, 3.05) is 0 Å². The molecule has 2 nitrogen and oxygen atoms in total. The molecule has 3 heteroatoms. The topological polar surface area (TPSA) is 25.8 Å². The number of hydrogen-bond donors (Lipinski definition) is 0. The number of aromatic nitrogens is 2. The second kappa shape index (κ2) is 2.77. The van der Waals surface area contributed by atoms with E-state index >= 15 is 0 Å². The minimum absolute atomic E-state index is 0.0770. The summed E-state index contributed by atoms with van der Waals surface area (Å²) in [6, 6.07) is 2.02. The van der Waals surface area contributed by atoms with E-state index < -0.39 is 0 Å². The van der Waals surface area contributed by atoms with Gasteiger partial charge in [0.2, 0.25) is 0 Å². The highest BCUT2D eigenvalue weighted by Crippen LogP contribution is 2.28. The lowest BCUT2D eigenvalue weighted by molar-refractivity contribution is 0.574. The molecule has 0 amide bonds. The summed E-state index contributed by atoms with van der Waals surface area (Å²) in [6.07, 6.45) is 1.86. The number of fused-ring (bicyclic) bond motifs is 1. The second-order valence-corrected chi connectivity index (χ2v) is 5.00. The fourth-order valence-electron chi connectivity index (χ4n) is 1.34. The molecule has 0 unspecified atom stereocenters. The van der Waals surface area contributed by atoms with Gasteiger partial charge in [-0.15, -0.1) is 11.3 Å². The Hall–Kier alpha value is -0.960. The molecule has 0 spiro atoms. The van der Waals surface area contributed by atoms with E-state index in [1.165, 1.54) is 4.70 Å². The Bertz CT molecular complexity index is 426.